The Morgan fingerprint density at radius 3 is 3.07 bits per heavy atom. The maximum Gasteiger partial charge on any atom is 0.439 e. The zero-order chi connectivity index (χ0) is 9.97. The first kappa shape index (κ1) is 8.49. The fraction of sp³-hybridized carbons (Fsp3) is 0.125. The smallest absolute Gasteiger partial charge is 0.439 e. The molecule has 0 saturated carbocycles. The predicted molar refractivity (Wildman–Crippen MR) is 46.9 cm³/mol. The quantitative estimate of drug-likeness (QED) is 0.748. The molecular weight excluding hydrogens is 186 g/mol. The van der Waals surface area contributed by atoms with E-state index in [9.17, 15) is 4.79 Å². The molecule has 0 spiro atoms. The summed E-state index contributed by atoms with van der Waals surface area (Å²) in [5, 5.41) is 3.53. The first-order chi connectivity index (χ1) is 6.81. The van der Waals surface area contributed by atoms with Gasteiger partial charge in [0.25, 0.3) is 0 Å². The minimum Gasteiger partial charge on any atom is -0.480 e. The summed E-state index contributed by atoms with van der Waals surface area (Å²) in [4.78, 5) is 17.1. The van der Waals surface area contributed by atoms with Gasteiger partial charge in [-0.1, -0.05) is 5.16 Å². The fourth-order valence-corrected chi connectivity index (χ4v) is 1.08. The van der Waals surface area contributed by atoms with Gasteiger partial charge in [0.15, 0.2) is 5.82 Å². The number of hydrogen-bond acceptors (Lipinski definition) is 5. The number of rotatable bonds is 2. The minimum absolute atomic E-state index is 0.306. The second-order valence-corrected chi connectivity index (χ2v) is 2.50. The summed E-state index contributed by atoms with van der Waals surface area (Å²) in [7, 11) is 1.49. The third-order valence-electron chi connectivity index (χ3n) is 1.66. The molecule has 0 fully saturated rings. The van der Waals surface area contributed by atoms with E-state index >= 15 is 0 Å². The number of ether oxygens (including phenoxy) is 1. The molecular formula is C8H7N3O3. The van der Waals surface area contributed by atoms with Crippen molar-refractivity contribution in [3.05, 3.63) is 28.9 Å². The van der Waals surface area contributed by atoms with Gasteiger partial charge in [-0.15, -0.1) is 0 Å². The molecule has 0 unspecified atom stereocenters. The lowest BCUT2D eigenvalue weighted by Crippen LogP contribution is -1.96. The highest BCUT2D eigenvalue weighted by atomic mass is 16.5. The van der Waals surface area contributed by atoms with E-state index in [0.717, 1.165) is 0 Å². The average molecular weight is 193 g/mol. The van der Waals surface area contributed by atoms with Crippen LogP contribution in [0.2, 0.25) is 0 Å². The lowest BCUT2D eigenvalue weighted by atomic mass is 10.2. The average Bonchev–Trinajstić information content (AvgIpc) is 2.65. The predicted octanol–water partition coefficient (Wildman–Crippen LogP) is 0.433. The van der Waals surface area contributed by atoms with Crippen LogP contribution in [0.25, 0.3) is 11.4 Å². The number of methoxy groups -OCH3 is 1. The van der Waals surface area contributed by atoms with E-state index in [1.165, 1.54) is 7.11 Å². The Balaban J connectivity index is 2.55. The topological polar surface area (TPSA) is 81.0 Å². The SMILES string of the molecule is COc1ncccc1-c1noc(=O)[nH]1. The zero-order valence-corrected chi connectivity index (χ0v) is 7.35. The van der Waals surface area contributed by atoms with Gasteiger partial charge in [-0.05, 0) is 12.1 Å². The van der Waals surface area contributed by atoms with Crippen LogP contribution in [0.4, 0.5) is 0 Å². The molecule has 0 saturated heterocycles. The van der Waals surface area contributed by atoms with E-state index < -0.39 is 5.76 Å². The molecule has 2 rings (SSSR count). The Morgan fingerprint density at radius 1 is 1.57 bits per heavy atom. The lowest BCUT2D eigenvalue weighted by Gasteiger charge is -2.01. The zero-order valence-electron chi connectivity index (χ0n) is 7.35. The summed E-state index contributed by atoms with van der Waals surface area (Å²) in [6.07, 6.45) is 1.58. The summed E-state index contributed by atoms with van der Waals surface area (Å²) in [6.45, 7) is 0. The lowest BCUT2D eigenvalue weighted by molar-refractivity contribution is 0.385. The summed E-state index contributed by atoms with van der Waals surface area (Å²) in [5.74, 6) is 0.0860. The molecule has 14 heavy (non-hydrogen) atoms. The van der Waals surface area contributed by atoms with Crippen LogP contribution < -0.4 is 10.5 Å². The van der Waals surface area contributed by atoms with E-state index in [-0.39, 0.29) is 0 Å². The Hall–Kier alpha value is -2.11. The maximum atomic E-state index is 10.7. The standard InChI is InChI=1S/C8H7N3O3/c1-13-7-5(3-2-4-9-7)6-10-8(12)14-11-6/h2-4H,1H3,(H,10,11,12). The van der Waals surface area contributed by atoms with Crippen molar-refractivity contribution in [2.45, 2.75) is 0 Å². The molecule has 6 heteroatoms. The van der Waals surface area contributed by atoms with E-state index in [1.807, 2.05) is 0 Å². The molecule has 1 N–H and O–H groups in total. The molecule has 0 bridgehead atoms. The van der Waals surface area contributed by atoms with Gasteiger partial charge < -0.3 is 4.74 Å². The van der Waals surface area contributed by atoms with Gasteiger partial charge in [-0.25, -0.2) is 9.78 Å². The monoisotopic (exact) mass is 193 g/mol. The van der Waals surface area contributed by atoms with Crippen LogP contribution in [0, 0.1) is 0 Å². The Morgan fingerprint density at radius 2 is 2.43 bits per heavy atom. The van der Waals surface area contributed by atoms with Gasteiger partial charge in [0.1, 0.15) is 0 Å². The number of pyridine rings is 1. The largest absolute Gasteiger partial charge is 0.480 e. The maximum absolute atomic E-state index is 10.7. The molecule has 0 radical (unpaired) electrons. The normalized spacial score (nSPS) is 10.1. The summed E-state index contributed by atoms with van der Waals surface area (Å²) >= 11 is 0. The van der Waals surface area contributed by atoms with Crippen LogP contribution in [0.1, 0.15) is 0 Å². The molecule has 2 aromatic rings. The van der Waals surface area contributed by atoms with Crippen molar-refractivity contribution < 1.29 is 9.26 Å². The van der Waals surface area contributed by atoms with Crippen molar-refractivity contribution in [3.63, 3.8) is 0 Å². The van der Waals surface area contributed by atoms with Crippen LogP contribution in [0.3, 0.4) is 0 Å². The van der Waals surface area contributed by atoms with Crippen LogP contribution in [-0.2, 0) is 0 Å². The first-order valence-electron chi connectivity index (χ1n) is 3.86. The molecule has 0 aliphatic heterocycles. The number of nitrogens with one attached hydrogen (secondary N) is 1. The van der Waals surface area contributed by atoms with E-state index in [2.05, 4.69) is 19.6 Å². The highest BCUT2D eigenvalue weighted by Crippen LogP contribution is 2.22. The van der Waals surface area contributed by atoms with Gasteiger partial charge in [0.2, 0.25) is 5.88 Å². The molecule has 2 heterocycles. The van der Waals surface area contributed by atoms with Crippen molar-refractivity contribution in [2.75, 3.05) is 7.11 Å². The second kappa shape index (κ2) is 3.33. The first-order valence-corrected chi connectivity index (χ1v) is 3.86. The van der Waals surface area contributed by atoms with Gasteiger partial charge in [-0.2, -0.15) is 0 Å². The Labute approximate surface area is 78.5 Å². The number of nitrogens with zero attached hydrogens (tertiary/aromatic N) is 2. The van der Waals surface area contributed by atoms with Crippen LogP contribution in [0.15, 0.2) is 27.6 Å². The number of aromatic amines is 1. The third kappa shape index (κ3) is 1.37. The van der Waals surface area contributed by atoms with Crippen molar-refractivity contribution in [1.82, 2.24) is 15.1 Å². The molecule has 0 atom stereocenters. The third-order valence-corrected chi connectivity index (χ3v) is 1.66. The highest BCUT2D eigenvalue weighted by Gasteiger charge is 2.10. The molecule has 0 aliphatic carbocycles. The van der Waals surface area contributed by atoms with Gasteiger partial charge in [0, 0.05) is 6.20 Å². The van der Waals surface area contributed by atoms with Crippen molar-refractivity contribution in [2.24, 2.45) is 0 Å². The molecule has 72 valence electrons. The highest BCUT2D eigenvalue weighted by molar-refractivity contribution is 5.60. The van der Waals surface area contributed by atoms with Crippen molar-refractivity contribution in [1.29, 1.82) is 0 Å². The number of H-pyrrole nitrogens is 1. The molecule has 0 amide bonds. The Kier molecular flexibility index (Phi) is 2.02. The number of hydrogen-bond donors (Lipinski definition) is 1. The minimum atomic E-state index is -0.606. The van der Waals surface area contributed by atoms with E-state index in [4.69, 9.17) is 4.74 Å². The summed E-state index contributed by atoms with van der Waals surface area (Å²) in [5.41, 5.74) is 0.584. The van der Waals surface area contributed by atoms with Crippen molar-refractivity contribution >= 4 is 0 Å². The van der Waals surface area contributed by atoms with Gasteiger partial charge in [-0.3, -0.25) is 9.51 Å². The Bertz CT molecular complexity index is 488. The summed E-state index contributed by atoms with van der Waals surface area (Å²) in [6, 6.07) is 3.43. The molecule has 6 nitrogen and oxygen atoms in total. The second-order valence-electron chi connectivity index (χ2n) is 2.50. The van der Waals surface area contributed by atoms with Gasteiger partial charge >= 0.3 is 5.76 Å². The molecule has 0 aliphatic rings. The fourth-order valence-electron chi connectivity index (χ4n) is 1.08. The van der Waals surface area contributed by atoms with Crippen molar-refractivity contribution in [3.8, 4) is 17.3 Å². The molecule has 2 aromatic heterocycles. The summed E-state index contributed by atoms with van der Waals surface area (Å²) < 4.78 is 9.37. The number of aromatic nitrogens is 3. The van der Waals surface area contributed by atoms with Crippen LogP contribution in [-0.4, -0.2) is 22.2 Å². The molecule has 0 aromatic carbocycles. The van der Waals surface area contributed by atoms with Crippen LogP contribution in [0.5, 0.6) is 5.88 Å². The van der Waals surface area contributed by atoms with Gasteiger partial charge in [0.05, 0.1) is 12.7 Å². The van der Waals surface area contributed by atoms with Crippen LogP contribution >= 0.6 is 0 Å². The van der Waals surface area contributed by atoms with E-state index in [0.29, 0.717) is 17.3 Å². The van der Waals surface area contributed by atoms with E-state index in [1.54, 1.807) is 18.3 Å².